The molecule has 0 saturated carbocycles. The van der Waals surface area contributed by atoms with Crippen LogP contribution in [0.15, 0.2) is 78.9 Å². The van der Waals surface area contributed by atoms with Crippen LogP contribution in [0, 0.1) is 0 Å². The second kappa shape index (κ2) is 6.29. The topological polar surface area (TPSA) is 48.1 Å². The van der Waals surface area contributed by atoms with E-state index in [1.54, 1.807) is 7.11 Å². The number of nitrogens with two attached hydrogens (primary N) is 1. The number of aromatic nitrogens is 1. The summed E-state index contributed by atoms with van der Waals surface area (Å²) in [5, 5.41) is 2.27. The zero-order valence-corrected chi connectivity index (χ0v) is 13.9. The lowest BCUT2D eigenvalue weighted by molar-refractivity contribution is 0.415. The van der Waals surface area contributed by atoms with Crippen molar-refractivity contribution in [2.45, 2.75) is 0 Å². The van der Waals surface area contributed by atoms with Crippen molar-refractivity contribution in [3.8, 4) is 28.3 Å². The molecule has 0 bridgehead atoms. The molecule has 1 heterocycles. The van der Waals surface area contributed by atoms with Gasteiger partial charge in [-0.1, -0.05) is 36.4 Å². The van der Waals surface area contributed by atoms with Gasteiger partial charge in [0.1, 0.15) is 5.75 Å². The molecule has 0 aliphatic rings. The number of benzene rings is 3. The van der Waals surface area contributed by atoms with Gasteiger partial charge >= 0.3 is 0 Å². The number of methoxy groups -OCH3 is 1. The first-order valence-electron chi connectivity index (χ1n) is 8.15. The molecule has 4 aromatic rings. The highest BCUT2D eigenvalue weighted by molar-refractivity contribution is 5.97. The molecule has 0 amide bonds. The second-order valence-electron chi connectivity index (χ2n) is 5.93. The van der Waals surface area contributed by atoms with E-state index in [2.05, 4.69) is 18.2 Å². The van der Waals surface area contributed by atoms with Gasteiger partial charge in [0.15, 0.2) is 0 Å². The molecule has 2 N–H and O–H groups in total. The molecule has 0 aliphatic carbocycles. The smallest absolute Gasteiger partial charge is 0.118 e. The highest BCUT2D eigenvalue weighted by atomic mass is 16.5. The first-order valence-corrected chi connectivity index (χ1v) is 8.15. The summed E-state index contributed by atoms with van der Waals surface area (Å²) in [5.74, 6) is 0.834. The van der Waals surface area contributed by atoms with Gasteiger partial charge in [0.25, 0.3) is 0 Å². The molecule has 0 spiro atoms. The average molecular weight is 326 g/mol. The predicted molar refractivity (Wildman–Crippen MR) is 104 cm³/mol. The minimum atomic E-state index is 0.734. The van der Waals surface area contributed by atoms with Gasteiger partial charge in [-0.25, -0.2) is 4.98 Å². The van der Waals surface area contributed by atoms with Crippen LogP contribution in [0.1, 0.15) is 0 Å². The number of pyridine rings is 1. The lowest BCUT2D eigenvalue weighted by atomic mass is 10.0. The van der Waals surface area contributed by atoms with E-state index in [1.807, 2.05) is 60.7 Å². The van der Waals surface area contributed by atoms with E-state index in [9.17, 15) is 0 Å². The van der Waals surface area contributed by atoms with Crippen LogP contribution in [0.2, 0.25) is 0 Å². The van der Waals surface area contributed by atoms with E-state index in [1.165, 1.54) is 0 Å². The molecule has 0 atom stereocenters. The van der Waals surface area contributed by atoms with Gasteiger partial charge in [-0.3, -0.25) is 0 Å². The van der Waals surface area contributed by atoms with Crippen LogP contribution in [0.3, 0.4) is 0 Å². The highest BCUT2D eigenvalue weighted by Gasteiger charge is 2.10. The van der Waals surface area contributed by atoms with Crippen LogP contribution in [0.4, 0.5) is 5.69 Å². The number of rotatable bonds is 3. The van der Waals surface area contributed by atoms with Crippen LogP contribution in [-0.2, 0) is 0 Å². The fourth-order valence-electron chi connectivity index (χ4n) is 3.01. The molecule has 3 heteroatoms. The van der Waals surface area contributed by atoms with Crippen molar-refractivity contribution >= 4 is 16.5 Å². The van der Waals surface area contributed by atoms with Gasteiger partial charge in [-0.2, -0.15) is 0 Å². The molecule has 0 saturated heterocycles. The SMILES string of the molecule is COc1ccc(-c2cc3ccccc3c(-c3cccc(N)c3)n2)cc1. The number of fused-ring (bicyclic) bond motifs is 1. The lowest BCUT2D eigenvalue weighted by Gasteiger charge is -2.11. The van der Waals surface area contributed by atoms with Gasteiger partial charge in [0.05, 0.1) is 18.5 Å². The van der Waals surface area contributed by atoms with Gasteiger partial charge in [0.2, 0.25) is 0 Å². The summed E-state index contributed by atoms with van der Waals surface area (Å²) in [6.07, 6.45) is 0. The zero-order valence-electron chi connectivity index (χ0n) is 13.9. The highest BCUT2D eigenvalue weighted by Crippen LogP contribution is 2.32. The standard InChI is InChI=1S/C22H18N2O/c1-25-19-11-9-15(10-12-19)21-14-16-5-2-3-8-20(16)22(24-21)17-6-4-7-18(23)13-17/h2-14H,23H2,1H3. The van der Waals surface area contributed by atoms with E-state index in [-0.39, 0.29) is 0 Å². The molecule has 4 rings (SSSR count). The summed E-state index contributed by atoms with van der Waals surface area (Å²) in [6, 6.07) is 26.2. The maximum absolute atomic E-state index is 5.98. The Morgan fingerprint density at radius 1 is 0.800 bits per heavy atom. The molecule has 0 fully saturated rings. The zero-order chi connectivity index (χ0) is 17.2. The van der Waals surface area contributed by atoms with E-state index in [4.69, 9.17) is 15.5 Å². The number of anilines is 1. The minimum absolute atomic E-state index is 0.734. The van der Waals surface area contributed by atoms with Gasteiger partial charge < -0.3 is 10.5 Å². The van der Waals surface area contributed by atoms with Crippen LogP contribution in [-0.4, -0.2) is 12.1 Å². The Balaban J connectivity index is 1.94. The van der Waals surface area contributed by atoms with Crippen molar-refractivity contribution < 1.29 is 4.74 Å². The van der Waals surface area contributed by atoms with Crippen molar-refractivity contribution in [2.24, 2.45) is 0 Å². The summed E-state index contributed by atoms with van der Waals surface area (Å²) in [6.45, 7) is 0. The molecule has 0 unspecified atom stereocenters. The normalized spacial score (nSPS) is 10.8. The fraction of sp³-hybridized carbons (Fsp3) is 0.0455. The Bertz CT molecular complexity index is 1040. The van der Waals surface area contributed by atoms with Crippen molar-refractivity contribution in [2.75, 3.05) is 12.8 Å². The van der Waals surface area contributed by atoms with Crippen LogP contribution >= 0.6 is 0 Å². The molecule has 1 aromatic heterocycles. The number of ether oxygens (including phenoxy) is 1. The molecule has 25 heavy (non-hydrogen) atoms. The van der Waals surface area contributed by atoms with Crippen LogP contribution < -0.4 is 10.5 Å². The second-order valence-corrected chi connectivity index (χ2v) is 5.93. The van der Waals surface area contributed by atoms with Crippen molar-refractivity contribution in [1.82, 2.24) is 4.98 Å². The van der Waals surface area contributed by atoms with Gasteiger partial charge in [0, 0.05) is 22.2 Å². The maximum atomic E-state index is 5.98. The first kappa shape index (κ1) is 15.2. The van der Waals surface area contributed by atoms with E-state index >= 15 is 0 Å². The Morgan fingerprint density at radius 2 is 1.60 bits per heavy atom. The van der Waals surface area contributed by atoms with Gasteiger partial charge in [-0.15, -0.1) is 0 Å². The number of nitrogen functional groups attached to an aromatic ring is 1. The Morgan fingerprint density at radius 3 is 2.36 bits per heavy atom. The fourth-order valence-corrected chi connectivity index (χ4v) is 3.01. The van der Waals surface area contributed by atoms with Crippen molar-refractivity contribution in [3.63, 3.8) is 0 Å². The third-order valence-corrected chi connectivity index (χ3v) is 4.29. The predicted octanol–water partition coefficient (Wildman–Crippen LogP) is 5.16. The number of hydrogen-bond acceptors (Lipinski definition) is 3. The van der Waals surface area contributed by atoms with E-state index in [0.717, 1.165) is 44.7 Å². The maximum Gasteiger partial charge on any atom is 0.118 e. The molecular weight excluding hydrogens is 308 g/mol. The third-order valence-electron chi connectivity index (χ3n) is 4.29. The van der Waals surface area contributed by atoms with Crippen LogP contribution in [0.5, 0.6) is 5.75 Å². The summed E-state index contributed by atoms with van der Waals surface area (Å²) >= 11 is 0. The number of nitrogens with zero attached hydrogens (tertiary/aromatic N) is 1. The molecule has 122 valence electrons. The molecule has 3 nitrogen and oxygen atoms in total. The van der Waals surface area contributed by atoms with Crippen LogP contribution in [0.25, 0.3) is 33.3 Å². The largest absolute Gasteiger partial charge is 0.497 e. The molecule has 0 radical (unpaired) electrons. The molecule has 0 aliphatic heterocycles. The summed E-state index contributed by atoms with van der Waals surface area (Å²) in [5.41, 5.74) is 10.7. The summed E-state index contributed by atoms with van der Waals surface area (Å²) < 4.78 is 5.25. The summed E-state index contributed by atoms with van der Waals surface area (Å²) in [4.78, 5) is 4.94. The lowest BCUT2D eigenvalue weighted by Crippen LogP contribution is -1.92. The quantitative estimate of drug-likeness (QED) is 0.529. The monoisotopic (exact) mass is 326 g/mol. The van der Waals surface area contributed by atoms with Gasteiger partial charge in [-0.05, 0) is 47.9 Å². The Labute approximate surface area is 146 Å². The molecular formula is C22H18N2O. The van der Waals surface area contributed by atoms with Crippen molar-refractivity contribution in [1.29, 1.82) is 0 Å². The average Bonchev–Trinajstić information content (AvgIpc) is 2.67. The van der Waals surface area contributed by atoms with Crippen molar-refractivity contribution in [3.05, 3.63) is 78.9 Å². The Hall–Kier alpha value is -3.33. The van der Waals surface area contributed by atoms with E-state index in [0.29, 0.717) is 0 Å². The summed E-state index contributed by atoms with van der Waals surface area (Å²) in [7, 11) is 1.67. The first-order chi connectivity index (χ1) is 12.2. The Kier molecular flexibility index (Phi) is 3.82. The minimum Gasteiger partial charge on any atom is -0.497 e. The molecule has 3 aromatic carbocycles. The number of hydrogen-bond donors (Lipinski definition) is 1. The van der Waals surface area contributed by atoms with E-state index < -0.39 is 0 Å². The third kappa shape index (κ3) is 2.92.